The first-order valence-corrected chi connectivity index (χ1v) is 9.96. The van der Waals surface area contributed by atoms with E-state index in [1.807, 2.05) is 57.2 Å². The molecule has 0 radical (unpaired) electrons. The molecule has 0 atom stereocenters. The van der Waals surface area contributed by atoms with Gasteiger partial charge in [-0.3, -0.25) is 9.78 Å². The zero-order valence-corrected chi connectivity index (χ0v) is 18.1. The minimum Gasteiger partial charge on any atom is -0.462 e. The van der Waals surface area contributed by atoms with Crippen LogP contribution in [0.4, 0.5) is 11.4 Å². The summed E-state index contributed by atoms with van der Waals surface area (Å²) in [7, 11) is 1.80. The number of rotatable bonds is 6. The van der Waals surface area contributed by atoms with Gasteiger partial charge in [-0.15, -0.1) is 0 Å². The van der Waals surface area contributed by atoms with Gasteiger partial charge in [-0.2, -0.15) is 0 Å². The van der Waals surface area contributed by atoms with Gasteiger partial charge in [0.15, 0.2) is 0 Å². The average molecular weight is 405 g/mol. The number of fused-ring (bicyclic) bond motifs is 1. The molecule has 6 nitrogen and oxygen atoms in total. The molecule has 0 aliphatic heterocycles. The Labute approximate surface area is 176 Å². The summed E-state index contributed by atoms with van der Waals surface area (Å²) in [5.41, 5.74) is 5.60. The number of esters is 1. The summed E-state index contributed by atoms with van der Waals surface area (Å²) >= 11 is 0. The molecule has 0 saturated carbocycles. The minimum atomic E-state index is -0.453. The molecule has 0 spiro atoms. The van der Waals surface area contributed by atoms with Crippen LogP contribution in [0, 0.1) is 20.8 Å². The number of aryl methyl sites for hydroxylation is 3. The lowest BCUT2D eigenvalue weighted by Crippen LogP contribution is -2.32. The van der Waals surface area contributed by atoms with Crippen LogP contribution in [0.15, 0.2) is 42.6 Å². The fraction of sp³-hybridized carbons (Fsp3) is 0.292. The van der Waals surface area contributed by atoms with Crippen molar-refractivity contribution in [3.8, 4) is 0 Å². The quantitative estimate of drug-likeness (QED) is 0.615. The molecule has 1 N–H and O–H groups in total. The number of para-hydroxylation sites is 2. The Morgan fingerprint density at radius 2 is 1.67 bits per heavy atom. The second-order valence-electron chi connectivity index (χ2n) is 7.38. The van der Waals surface area contributed by atoms with E-state index in [1.54, 1.807) is 18.9 Å². The van der Waals surface area contributed by atoms with Crippen LogP contribution in [0.3, 0.4) is 0 Å². The molecule has 0 saturated heterocycles. The Kier molecular flexibility index (Phi) is 6.35. The van der Waals surface area contributed by atoms with Gasteiger partial charge in [0.25, 0.3) is 0 Å². The van der Waals surface area contributed by atoms with Crippen LogP contribution < -0.4 is 10.2 Å². The van der Waals surface area contributed by atoms with E-state index in [-0.39, 0.29) is 19.1 Å². The van der Waals surface area contributed by atoms with E-state index in [2.05, 4.69) is 10.3 Å². The van der Waals surface area contributed by atoms with E-state index < -0.39 is 5.97 Å². The smallest absolute Gasteiger partial charge is 0.341 e. The number of likely N-dealkylation sites (N-methyl/N-ethyl adjacent to an activating group) is 1. The van der Waals surface area contributed by atoms with Crippen molar-refractivity contribution in [1.29, 1.82) is 0 Å². The number of pyridine rings is 1. The normalized spacial score (nSPS) is 10.7. The van der Waals surface area contributed by atoms with Crippen LogP contribution in [-0.2, 0) is 9.53 Å². The first-order chi connectivity index (χ1) is 14.3. The molecule has 2 aromatic carbocycles. The highest BCUT2D eigenvalue weighted by Gasteiger charge is 2.22. The van der Waals surface area contributed by atoms with Gasteiger partial charge in [0, 0.05) is 24.3 Å². The van der Waals surface area contributed by atoms with Gasteiger partial charge in [0.1, 0.15) is 5.56 Å². The molecule has 0 unspecified atom stereocenters. The van der Waals surface area contributed by atoms with Gasteiger partial charge < -0.3 is 15.0 Å². The van der Waals surface area contributed by atoms with Crippen LogP contribution in [0.25, 0.3) is 10.9 Å². The van der Waals surface area contributed by atoms with E-state index in [0.717, 1.165) is 33.3 Å². The topological polar surface area (TPSA) is 71.5 Å². The Morgan fingerprint density at radius 3 is 2.33 bits per heavy atom. The first kappa shape index (κ1) is 21.3. The molecule has 0 aliphatic carbocycles. The second kappa shape index (κ2) is 8.95. The van der Waals surface area contributed by atoms with Gasteiger partial charge in [-0.25, -0.2) is 4.79 Å². The molecule has 30 heavy (non-hydrogen) atoms. The number of anilines is 2. The largest absolute Gasteiger partial charge is 0.462 e. The number of nitrogens with one attached hydrogen (secondary N) is 1. The maximum Gasteiger partial charge on any atom is 0.341 e. The highest BCUT2D eigenvalue weighted by atomic mass is 16.5. The maximum absolute atomic E-state index is 12.8. The number of carbonyl (C=O) groups excluding carboxylic acids is 2. The fourth-order valence-electron chi connectivity index (χ4n) is 3.61. The number of benzene rings is 2. The number of aromatic nitrogens is 1. The zero-order chi connectivity index (χ0) is 21.8. The van der Waals surface area contributed by atoms with E-state index in [4.69, 9.17) is 4.74 Å². The monoisotopic (exact) mass is 405 g/mol. The van der Waals surface area contributed by atoms with Crippen molar-refractivity contribution in [1.82, 2.24) is 4.98 Å². The first-order valence-electron chi connectivity index (χ1n) is 9.96. The molecule has 6 heteroatoms. The van der Waals surface area contributed by atoms with Crippen molar-refractivity contribution < 1.29 is 14.3 Å². The van der Waals surface area contributed by atoms with E-state index >= 15 is 0 Å². The van der Waals surface area contributed by atoms with Crippen molar-refractivity contribution in [2.75, 3.05) is 30.4 Å². The number of amides is 1. The molecule has 1 aromatic heterocycles. The summed E-state index contributed by atoms with van der Waals surface area (Å²) in [6.45, 7) is 8.00. The Morgan fingerprint density at radius 1 is 1.03 bits per heavy atom. The van der Waals surface area contributed by atoms with Crippen molar-refractivity contribution in [3.63, 3.8) is 0 Å². The Bertz CT molecular complexity index is 1090. The summed E-state index contributed by atoms with van der Waals surface area (Å²) in [6, 6.07) is 11.7. The summed E-state index contributed by atoms with van der Waals surface area (Å²) in [6.07, 6.45) is 1.53. The van der Waals surface area contributed by atoms with Gasteiger partial charge in [0.2, 0.25) is 5.91 Å². The third-order valence-corrected chi connectivity index (χ3v) is 5.07. The van der Waals surface area contributed by atoms with Crippen LogP contribution in [-0.4, -0.2) is 37.1 Å². The highest BCUT2D eigenvalue weighted by Crippen LogP contribution is 2.31. The van der Waals surface area contributed by atoms with E-state index in [1.165, 1.54) is 6.20 Å². The third-order valence-electron chi connectivity index (χ3n) is 5.07. The number of carbonyl (C=O) groups is 2. The molecule has 0 aliphatic rings. The second-order valence-corrected chi connectivity index (χ2v) is 7.38. The molecule has 3 rings (SSSR count). The molecule has 0 bridgehead atoms. The highest BCUT2D eigenvalue weighted by molar-refractivity contribution is 6.07. The summed E-state index contributed by atoms with van der Waals surface area (Å²) in [5.74, 6) is -0.618. The van der Waals surface area contributed by atoms with Crippen molar-refractivity contribution in [2.24, 2.45) is 0 Å². The number of nitrogens with zero attached hydrogens (tertiary/aromatic N) is 2. The van der Waals surface area contributed by atoms with Crippen LogP contribution >= 0.6 is 0 Å². The summed E-state index contributed by atoms with van der Waals surface area (Å²) < 4.78 is 5.22. The lowest BCUT2D eigenvalue weighted by Gasteiger charge is -2.24. The van der Waals surface area contributed by atoms with Crippen LogP contribution in [0.1, 0.15) is 34.0 Å². The van der Waals surface area contributed by atoms with Gasteiger partial charge in [-0.05, 0) is 44.4 Å². The summed E-state index contributed by atoms with van der Waals surface area (Å²) in [4.78, 5) is 31.6. The minimum absolute atomic E-state index is 0.0766. The molecular weight excluding hydrogens is 378 g/mol. The zero-order valence-electron chi connectivity index (χ0n) is 18.1. The van der Waals surface area contributed by atoms with Gasteiger partial charge >= 0.3 is 5.97 Å². The molecule has 1 heterocycles. The number of hydrogen-bond donors (Lipinski definition) is 1. The predicted molar refractivity (Wildman–Crippen MR) is 120 cm³/mol. The van der Waals surface area contributed by atoms with Crippen LogP contribution in [0.5, 0.6) is 0 Å². The molecule has 3 aromatic rings. The SMILES string of the molecule is CCOC(=O)c1cnc2c(C)cccc2c1N(C)CC(=O)Nc1c(C)cccc1C. The standard InChI is InChI=1S/C24H27N3O3/c1-6-30-24(29)19-13-25-22-17(4)11-8-12-18(22)23(19)27(5)14-20(28)26-21-15(2)9-7-10-16(21)3/h7-13H,6,14H2,1-5H3,(H,26,28). The molecular formula is C24H27N3O3. The van der Waals surface area contributed by atoms with E-state index in [9.17, 15) is 9.59 Å². The third kappa shape index (κ3) is 4.27. The maximum atomic E-state index is 12.8. The Hall–Kier alpha value is -3.41. The Balaban J connectivity index is 1.97. The molecule has 156 valence electrons. The van der Waals surface area contributed by atoms with E-state index in [0.29, 0.717) is 11.3 Å². The summed E-state index contributed by atoms with van der Waals surface area (Å²) in [5, 5.41) is 3.81. The van der Waals surface area contributed by atoms with Gasteiger partial charge in [0.05, 0.1) is 24.4 Å². The molecule has 1 amide bonds. The lowest BCUT2D eigenvalue weighted by atomic mass is 10.0. The van der Waals surface area contributed by atoms with Crippen molar-refractivity contribution in [2.45, 2.75) is 27.7 Å². The average Bonchev–Trinajstić information content (AvgIpc) is 2.70. The fourth-order valence-corrected chi connectivity index (χ4v) is 3.61. The van der Waals surface area contributed by atoms with Gasteiger partial charge in [-0.1, -0.05) is 36.4 Å². The predicted octanol–water partition coefficient (Wildman–Crippen LogP) is 4.41. The van der Waals surface area contributed by atoms with Crippen molar-refractivity contribution >= 4 is 34.2 Å². The molecule has 0 fully saturated rings. The van der Waals surface area contributed by atoms with Crippen LogP contribution in [0.2, 0.25) is 0 Å². The number of ether oxygens (including phenoxy) is 1. The number of hydrogen-bond acceptors (Lipinski definition) is 5. The van der Waals surface area contributed by atoms with Crippen molar-refractivity contribution in [3.05, 3.63) is 64.8 Å². The lowest BCUT2D eigenvalue weighted by molar-refractivity contribution is -0.114.